The van der Waals surface area contributed by atoms with Gasteiger partial charge < -0.3 is 9.88 Å². The Morgan fingerprint density at radius 2 is 1.91 bits per heavy atom. The van der Waals surface area contributed by atoms with Crippen LogP contribution in [0.2, 0.25) is 0 Å². The van der Waals surface area contributed by atoms with E-state index in [0.717, 1.165) is 21.1 Å². The van der Waals surface area contributed by atoms with Crippen molar-refractivity contribution in [2.24, 2.45) is 0 Å². The first kappa shape index (κ1) is 18.8. The molecule has 0 bridgehead atoms. The molecule has 1 rings (SSSR count). The van der Waals surface area contributed by atoms with Crippen LogP contribution in [0.4, 0.5) is 4.79 Å². The van der Waals surface area contributed by atoms with Crippen LogP contribution < -0.4 is 16.2 Å². The summed E-state index contributed by atoms with van der Waals surface area (Å²) < 4.78 is 26.0. The lowest BCUT2D eigenvalue weighted by atomic mass is 10.4. The number of hydrogen-bond donors (Lipinski definition) is 2. The molecule has 2 N–H and O–H groups in total. The number of aromatic nitrogens is 1. The van der Waals surface area contributed by atoms with Gasteiger partial charge in [0.2, 0.25) is 15.9 Å². The minimum absolute atomic E-state index is 0.120. The summed E-state index contributed by atoms with van der Waals surface area (Å²) in [7, 11) is -1.01. The number of carbonyl (C=O) groups is 2. The quantitative estimate of drug-likeness (QED) is 0.710. The molecule has 0 aliphatic heterocycles. The first-order valence-corrected chi connectivity index (χ1v) is 8.33. The van der Waals surface area contributed by atoms with E-state index < -0.39 is 34.1 Å². The Balaban J connectivity index is 2.91. The predicted molar refractivity (Wildman–Crippen MR) is 83.4 cm³/mol. The molecule has 9 nitrogen and oxygen atoms in total. The SMILES string of the molecule is CCCNC(=O)NC(=O)Cn1cc(S(=O)(=O)N(C)C)ccc1=O. The van der Waals surface area contributed by atoms with E-state index in [1.807, 2.05) is 6.92 Å². The number of hydrogen-bond acceptors (Lipinski definition) is 5. The molecule has 0 saturated heterocycles. The van der Waals surface area contributed by atoms with Gasteiger partial charge in [0.1, 0.15) is 6.54 Å². The lowest BCUT2D eigenvalue weighted by Gasteiger charge is -2.13. The average Bonchev–Trinajstić information content (AvgIpc) is 2.46. The Hall–Kier alpha value is -2.20. The summed E-state index contributed by atoms with van der Waals surface area (Å²) in [6.45, 7) is 1.81. The van der Waals surface area contributed by atoms with Crippen molar-refractivity contribution >= 4 is 22.0 Å². The van der Waals surface area contributed by atoms with Crippen molar-refractivity contribution < 1.29 is 18.0 Å². The number of sulfonamides is 1. The fraction of sp³-hybridized carbons (Fsp3) is 0.462. The van der Waals surface area contributed by atoms with Crippen molar-refractivity contribution in [2.75, 3.05) is 20.6 Å². The fourth-order valence-electron chi connectivity index (χ4n) is 1.60. The average molecular weight is 344 g/mol. The molecule has 0 saturated carbocycles. The van der Waals surface area contributed by atoms with Crippen molar-refractivity contribution in [2.45, 2.75) is 24.8 Å². The van der Waals surface area contributed by atoms with Gasteiger partial charge in [0, 0.05) is 32.9 Å². The summed E-state index contributed by atoms with van der Waals surface area (Å²) in [6.07, 6.45) is 1.78. The molecule has 0 spiro atoms. The smallest absolute Gasteiger partial charge is 0.321 e. The molecule has 0 unspecified atom stereocenters. The molecule has 0 aromatic carbocycles. The van der Waals surface area contributed by atoms with Gasteiger partial charge >= 0.3 is 6.03 Å². The molecule has 0 fully saturated rings. The number of nitrogens with zero attached hydrogens (tertiary/aromatic N) is 2. The summed E-state index contributed by atoms with van der Waals surface area (Å²) in [4.78, 5) is 34.7. The molecule has 23 heavy (non-hydrogen) atoms. The van der Waals surface area contributed by atoms with E-state index in [-0.39, 0.29) is 4.90 Å². The van der Waals surface area contributed by atoms with Gasteiger partial charge in [0.25, 0.3) is 5.56 Å². The van der Waals surface area contributed by atoms with Gasteiger partial charge in [-0.15, -0.1) is 0 Å². The highest BCUT2D eigenvalue weighted by atomic mass is 32.2. The Kier molecular flexibility index (Phi) is 6.46. The van der Waals surface area contributed by atoms with Gasteiger partial charge in [0.15, 0.2) is 0 Å². The Labute approximate surface area is 134 Å². The monoisotopic (exact) mass is 344 g/mol. The van der Waals surface area contributed by atoms with Crippen LogP contribution in [0.5, 0.6) is 0 Å². The largest absolute Gasteiger partial charge is 0.338 e. The molecule has 0 aliphatic carbocycles. The highest BCUT2D eigenvalue weighted by Crippen LogP contribution is 2.10. The van der Waals surface area contributed by atoms with Crippen molar-refractivity contribution in [1.29, 1.82) is 0 Å². The molecule has 0 atom stereocenters. The van der Waals surface area contributed by atoms with Crippen LogP contribution >= 0.6 is 0 Å². The molecule has 10 heteroatoms. The van der Waals surface area contributed by atoms with Crippen molar-refractivity contribution in [1.82, 2.24) is 19.5 Å². The third-order valence-electron chi connectivity index (χ3n) is 2.84. The molecule has 0 radical (unpaired) electrons. The molecular weight excluding hydrogens is 324 g/mol. The molecule has 1 aromatic rings. The van der Waals surface area contributed by atoms with Gasteiger partial charge in [-0.2, -0.15) is 0 Å². The minimum atomic E-state index is -3.72. The molecule has 3 amide bonds. The summed E-state index contributed by atoms with van der Waals surface area (Å²) >= 11 is 0. The molecule has 1 heterocycles. The van der Waals surface area contributed by atoms with E-state index in [1.165, 1.54) is 20.2 Å². The lowest BCUT2D eigenvalue weighted by Crippen LogP contribution is -2.42. The van der Waals surface area contributed by atoms with Gasteiger partial charge in [-0.3, -0.25) is 14.9 Å². The maximum atomic E-state index is 12.0. The number of pyridine rings is 1. The normalized spacial score (nSPS) is 11.3. The van der Waals surface area contributed by atoms with Crippen LogP contribution in [0.3, 0.4) is 0 Å². The number of rotatable bonds is 6. The standard InChI is InChI=1S/C13H20N4O5S/c1-4-7-14-13(20)15-11(18)9-17-8-10(5-6-12(17)19)23(21,22)16(2)3/h5-6,8H,4,7,9H2,1-3H3,(H2,14,15,18,20). The van der Waals surface area contributed by atoms with E-state index in [0.29, 0.717) is 13.0 Å². The van der Waals surface area contributed by atoms with Crippen LogP contribution in [-0.2, 0) is 21.4 Å². The van der Waals surface area contributed by atoms with E-state index in [2.05, 4.69) is 10.6 Å². The van der Waals surface area contributed by atoms with Crippen molar-refractivity contribution in [3.05, 3.63) is 28.7 Å². The maximum Gasteiger partial charge on any atom is 0.321 e. The van der Waals surface area contributed by atoms with Crippen LogP contribution in [0.15, 0.2) is 28.0 Å². The second kappa shape index (κ2) is 7.88. The number of nitrogens with one attached hydrogen (secondary N) is 2. The first-order chi connectivity index (χ1) is 10.7. The topological polar surface area (TPSA) is 118 Å². The highest BCUT2D eigenvalue weighted by molar-refractivity contribution is 7.89. The van der Waals surface area contributed by atoms with Crippen molar-refractivity contribution in [3.63, 3.8) is 0 Å². The molecule has 0 aliphatic rings. The van der Waals surface area contributed by atoms with Gasteiger partial charge in [-0.1, -0.05) is 6.92 Å². The van der Waals surface area contributed by atoms with E-state index >= 15 is 0 Å². The van der Waals surface area contributed by atoms with Crippen LogP contribution in [0.1, 0.15) is 13.3 Å². The van der Waals surface area contributed by atoms with Gasteiger partial charge in [-0.25, -0.2) is 17.5 Å². The molecule has 128 valence electrons. The van der Waals surface area contributed by atoms with Crippen LogP contribution in [-0.4, -0.2) is 49.9 Å². The third kappa shape index (κ3) is 5.18. The second-order valence-corrected chi connectivity index (χ2v) is 7.07. The summed E-state index contributed by atoms with van der Waals surface area (Å²) in [5.74, 6) is -0.722. The van der Waals surface area contributed by atoms with Gasteiger partial charge in [-0.05, 0) is 12.5 Å². The lowest BCUT2D eigenvalue weighted by molar-refractivity contribution is -0.120. The highest BCUT2D eigenvalue weighted by Gasteiger charge is 2.19. The van der Waals surface area contributed by atoms with Crippen LogP contribution in [0.25, 0.3) is 0 Å². The second-order valence-electron chi connectivity index (χ2n) is 4.92. The Morgan fingerprint density at radius 3 is 2.48 bits per heavy atom. The van der Waals surface area contributed by atoms with E-state index in [9.17, 15) is 22.8 Å². The third-order valence-corrected chi connectivity index (χ3v) is 4.64. The van der Waals surface area contributed by atoms with Gasteiger partial charge in [0.05, 0.1) is 4.90 Å². The number of amides is 3. The Bertz CT molecular complexity index is 739. The van der Waals surface area contributed by atoms with E-state index in [4.69, 9.17) is 0 Å². The summed E-state index contributed by atoms with van der Waals surface area (Å²) in [6, 6.07) is 1.56. The zero-order valence-electron chi connectivity index (χ0n) is 13.2. The maximum absolute atomic E-state index is 12.0. The fourth-order valence-corrected chi connectivity index (χ4v) is 2.52. The zero-order valence-corrected chi connectivity index (χ0v) is 14.0. The Morgan fingerprint density at radius 1 is 1.26 bits per heavy atom. The predicted octanol–water partition coefficient (Wildman–Crippen LogP) is -0.666. The zero-order chi connectivity index (χ0) is 17.6. The van der Waals surface area contributed by atoms with Crippen LogP contribution in [0, 0.1) is 0 Å². The number of carbonyl (C=O) groups excluding carboxylic acids is 2. The first-order valence-electron chi connectivity index (χ1n) is 6.89. The molecule has 1 aromatic heterocycles. The minimum Gasteiger partial charge on any atom is -0.338 e. The number of urea groups is 1. The number of imide groups is 1. The van der Waals surface area contributed by atoms with Crippen molar-refractivity contribution in [3.8, 4) is 0 Å². The summed E-state index contributed by atoms with van der Waals surface area (Å²) in [5, 5.41) is 4.52. The van der Waals surface area contributed by atoms with E-state index in [1.54, 1.807) is 0 Å². The summed E-state index contributed by atoms with van der Waals surface area (Å²) in [5.41, 5.74) is -0.549. The molecular formula is C13H20N4O5S.